The molecule has 6 nitrogen and oxygen atoms in total. The number of aromatic nitrogens is 2. The number of anilines is 1. The molecule has 8 heteroatoms. The first-order chi connectivity index (χ1) is 8.00. The fraction of sp³-hybridized carbons (Fsp3) is 0. The van der Waals surface area contributed by atoms with Gasteiger partial charge in [-0.05, 0) is 18.2 Å². The normalized spacial score (nSPS) is 10.5. The molecule has 0 atom stereocenters. The third-order valence-corrected chi connectivity index (χ3v) is 2.87. The van der Waals surface area contributed by atoms with Gasteiger partial charge in [-0.2, -0.15) is 5.10 Å². The highest BCUT2D eigenvalue weighted by molar-refractivity contribution is 6.42. The van der Waals surface area contributed by atoms with Crippen molar-refractivity contribution in [3.05, 3.63) is 44.6 Å². The van der Waals surface area contributed by atoms with Crippen molar-refractivity contribution in [2.75, 3.05) is 5.73 Å². The van der Waals surface area contributed by atoms with E-state index in [0.717, 1.165) is 6.20 Å². The zero-order valence-electron chi connectivity index (χ0n) is 8.30. The molecule has 0 fully saturated rings. The van der Waals surface area contributed by atoms with E-state index in [-0.39, 0.29) is 11.5 Å². The number of benzene rings is 1. The Hall–Kier alpha value is -1.79. The van der Waals surface area contributed by atoms with Crippen molar-refractivity contribution in [3.63, 3.8) is 0 Å². The second-order valence-corrected chi connectivity index (χ2v) is 4.00. The van der Waals surface area contributed by atoms with E-state index in [1.54, 1.807) is 12.1 Å². The molecule has 0 spiro atoms. The topological polar surface area (TPSA) is 87.0 Å². The number of rotatable bonds is 2. The SMILES string of the molecule is Nc1c([N+](=O)[O-])cnn1-c1ccc(Cl)c(Cl)c1. The molecule has 2 rings (SSSR count). The Bertz CT molecular complexity index is 597. The Labute approximate surface area is 106 Å². The molecule has 0 saturated carbocycles. The van der Waals surface area contributed by atoms with Crippen LogP contribution in [-0.2, 0) is 0 Å². The summed E-state index contributed by atoms with van der Waals surface area (Å²) in [6, 6.07) is 4.70. The summed E-state index contributed by atoms with van der Waals surface area (Å²) in [6.07, 6.45) is 1.08. The molecule has 0 unspecified atom stereocenters. The van der Waals surface area contributed by atoms with E-state index in [2.05, 4.69) is 5.10 Å². The molecule has 1 heterocycles. The van der Waals surface area contributed by atoms with Crippen LogP contribution in [0.1, 0.15) is 0 Å². The number of hydrogen-bond acceptors (Lipinski definition) is 4. The Morgan fingerprint density at radius 2 is 2.06 bits per heavy atom. The number of nitrogens with two attached hydrogens (primary N) is 1. The molecule has 88 valence electrons. The molecule has 0 radical (unpaired) electrons. The van der Waals surface area contributed by atoms with Crippen LogP contribution in [0.2, 0.25) is 10.0 Å². The maximum Gasteiger partial charge on any atom is 0.331 e. The Morgan fingerprint density at radius 1 is 1.35 bits per heavy atom. The van der Waals surface area contributed by atoms with Crippen LogP contribution in [0.25, 0.3) is 5.69 Å². The molecular formula is C9H6Cl2N4O2. The number of nitro groups is 1. The monoisotopic (exact) mass is 272 g/mol. The predicted octanol–water partition coefficient (Wildman–Crippen LogP) is 2.67. The highest BCUT2D eigenvalue weighted by Gasteiger charge is 2.18. The predicted molar refractivity (Wildman–Crippen MR) is 64.7 cm³/mol. The molecule has 17 heavy (non-hydrogen) atoms. The first-order valence-corrected chi connectivity index (χ1v) is 5.19. The van der Waals surface area contributed by atoms with E-state index < -0.39 is 4.92 Å². The maximum absolute atomic E-state index is 10.6. The quantitative estimate of drug-likeness (QED) is 0.673. The Balaban J connectivity index is 2.53. The summed E-state index contributed by atoms with van der Waals surface area (Å²) in [5.74, 6) is -0.0617. The molecule has 2 N–H and O–H groups in total. The second-order valence-electron chi connectivity index (χ2n) is 3.18. The molecule has 0 aliphatic rings. The van der Waals surface area contributed by atoms with E-state index in [1.807, 2.05) is 0 Å². The largest absolute Gasteiger partial charge is 0.378 e. The molecule has 2 aromatic rings. The van der Waals surface area contributed by atoms with Gasteiger partial charge in [-0.15, -0.1) is 0 Å². The summed E-state index contributed by atoms with van der Waals surface area (Å²) in [6.45, 7) is 0. The molecular weight excluding hydrogens is 267 g/mol. The van der Waals surface area contributed by atoms with Crippen LogP contribution >= 0.6 is 23.2 Å². The van der Waals surface area contributed by atoms with Crippen molar-refractivity contribution in [2.24, 2.45) is 0 Å². The number of hydrogen-bond donors (Lipinski definition) is 1. The first kappa shape index (κ1) is 11.7. The zero-order chi connectivity index (χ0) is 12.6. The van der Waals surface area contributed by atoms with Crippen molar-refractivity contribution in [2.45, 2.75) is 0 Å². The number of halogens is 2. The lowest BCUT2D eigenvalue weighted by Crippen LogP contribution is -2.03. The lowest BCUT2D eigenvalue weighted by atomic mass is 10.3. The molecule has 0 saturated heterocycles. The van der Waals surface area contributed by atoms with Crippen LogP contribution in [0.3, 0.4) is 0 Å². The van der Waals surface area contributed by atoms with Gasteiger partial charge < -0.3 is 5.73 Å². The van der Waals surface area contributed by atoms with Gasteiger partial charge in [-0.25, -0.2) is 4.68 Å². The van der Waals surface area contributed by atoms with Gasteiger partial charge >= 0.3 is 5.69 Å². The molecule has 1 aromatic heterocycles. The van der Waals surface area contributed by atoms with Crippen LogP contribution < -0.4 is 5.73 Å². The average molecular weight is 273 g/mol. The van der Waals surface area contributed by atoms with Crippen molar-refractivity contribution >= 4 is 34.7 Å². The average Bonchev–Trinajstić information content (AvgIpc) is 2.64. The van der Waals surface area contributed by atoms with Crippen molar-refractivity contribution in [3.8, 4) is 5.69 Å². The standard InChI is InChI=1S/C9H6Cl2N4O2/c10-6-2-1-5(3-7(6)11)14-9(12)8(4-13-14)15(16)17/h1-4H,12H2. The van der Waals surface area contributed by atoms with Gasteiger partial charge in [0.1, 0.15) is 6.20 Å². The fourth-order valence-electron chi connectivity index (χ4n) is 1.31. The summed E-state index contributed by atoms with van der Waals surface area (Å²) in [5.41, 5.74) is 5.86. The fourth-order valence-corrected chi connectivity index (χ4v) is 1.60. The summed E-state index contributed by atoms with van der Waals surface area (Å²) < 4.78 is 1.22. The molecule has 0 amide bonds. The summed E-state index contributed by atoms with van der Waals surface area (Å²) in [4.78, 5) is 10.0. The molecule has 1 aromatic carbocycles. The summed E-state index contributed by atoms with van der Waals surface area (Å²) in [7, 11) is 0. The van der Waals surface area contributed by atoms with Crippen LogP contribution in [0, 0.1) is 10.1 Å². The van der Waals surface area contributed by atoms with Crippen LogP contribution in [-0.4, -0.2) is 14.7 Å². The van der Waals surface area contributed by atoms with Crippen molar-refractivity contribution in [1.82, 2.24) is 9.78 Å². The zero-order valence-corrected chi connectivity index (χ0v) is 9.81. The van der Waals surface area contributed by atoms with Crippen LogP contribution in [0.4, 0.5) is 11.5 Å². The second kappa shape index (κ2) is 4.23. The van der Waals surface area contributed by atoms with E-state index >= 15 is 0 Å². The lowest BCUT2D eigenvalue weighted by molar-refractivity contribution is -0.383. The summed E-state index contributed by atoms with van der Waals surface area (Å²) in [5, 5.41) is 15.1. The number of nitrogen functional groups attached to an aromatic ring is 1. The Morgan fingerprint density at radius 3 is 2.59 bits per heavy atom. The third-order valence-electron chi connectivity index (χ3n) is 2.13. The minimum atomic E-state index is -0.601. The maximum atomic E-state index is 10.6. The molecule has 0 aliphatic carbocycles. The van der Waals surface area contributed by atoms with Gasteiger partial charge in [0.15, 0.2) is 0 Å². The number of nitrogens with zero attached hydrogens (tertiary/aromatic N) is 3. The van der Waals surface area contributed by atoms with Gasteiger partial charge in [0.2, 0.25) is 5.82 Å². The first-order valence-electron chi connectivity index (χ1n) is 4.44. The van der Waals surface area contributed by atoms with Crippen molar-refractivity contribution < 1.29 is 4.92 Å². The molecule has 0 bridgehead atoms. The third kappa shape index (κ3) is 2.04. The van der Waals surface area contributed by atoms with Gasteiger partial charge in [0, 0.05) is 0 Å². The van der Waals surface area contributed by atoms with E-state index in [1.165, 1.54) is 10.7 Å². The van der Waals surface area contributed by atoms with Gasteiger partial charge in [0.05, 0.1) is 20.7 Å². The van der Waals surface area contributed by atoms with Gasteiger partial charge in [-0.1, -0.05) is 23.2 Å². The van der Waals surface area contributed by atoms with Gasteiger partial charge in [-0.3, -0.25) is 10.1 Å². The smallest absolute Gasteiger partial charge is 0.331 e. The highest BCUT2D eigenvalue weighted by Crippen LogP contribution is 2.28. The lowest BCUT2D eigenvalue weighted by Gasteiger charge is -2.04. The molecule has 0 aliphatic heterocycles. The van der Waals surface area contributed by atoms with Gasteiger partial charge in [0.25, 0.3) is 0 Å². The minimum absolute atomic E-state index is 0.0617. The van der Waals surface area contributed by atoms with Crippen molar-refractivity contribution in [1.29, 1.82) is 0 Å². The minimum Gasteiger partial charge on any atom is -0.378 e. The van der Waals surface area contributed by atoms with Crippen LogP contribution in [0.5, 0.6) is 0 Å². The van der Waals surface area contributed by atoms with E-state index in [4.69, 9.17) is 28.9 Å². The van der Waals surface area contributed by atoms with Crippen LogP contribution in [0.15, 0.2) is 24.4 Å². The van der Waals surface area contributed by atoms with E-state index in [9.17, 15) is 10.1 Å². The highest BCUT2D eigenvalue weighted by atomic mass is 35.5. The Kier molecular flexibility index (Phi) is 2.91. The van der Waals surface area contributed by atoms with E-state index in [0.29, 0.717) is 15.7 Å². The summed E-state index contributed by atoms with van der Waals surface area (Å²) >= 11 is 11.6.